The van der Waals surface area contributed by atoms with Gasteiger partial charge in [-0.15, -0.1) is 0 Å². The highest BCUT2D eigenvalue weighted by Crippen LogP contribution is 2.20. The number of hydrogen-bond donors (Lipinski definition) is 0. The third-order valence-electron chi connectivity index (χ3n) is 2.15. The van der Waals surface area contributed by atoms with Crippen LogP contribution < -0.4 is 0 Å². The molecule has 0 N–H and O–H groups in total. The van der Waals surface area contributed by atoms with Crippen LogP contribution >= 0.6 is 12.0 Å². The molecule has 72 valence electrons. The van der Waals surface area contributed by atoms with E-state index in [1.165, 1.54) is 17.6 Å². The molecule has 0 heterocycles. The van der Waals surface area contributed by atoms with Gasteiger partial charge in [0, 0.05) is 6.26 Å². The first-order chi connectivity index (χ1) is 5.61. The Hall–Kier alpha value is 0.0500. The molecule has 0 spiro atoms. The van der Waals surface area contributed by atoms with Crippen LogP contribution in [-0.4, -0.2) is 12.4 Å². The van der Waals surface area contributed by atoms with Crippen LogP contribution in [0, 0.1) is 5.92 Å². The van der Waals surface area contributed by atoms with Crippen LogP contribution in [0.5, 0.6) is 0 Å². The maximum Gasteiger partial charge on any atom is 0.0725 e. The zero-order valence-corrected chi connectivity index (χ0v) is 9.41. The van der Waals surface area contributed by atoms with E-state index >= 15 is 0 Å². The SMILES string of the molecule is C=C(C)[C@H](C)CC(CC)OSC. The van der Waals surface area contributed by atoms with Gasteiger partial charge in [0.2, 0.25) is 0 Å². The maximum absolute atomic E-state index is 5.49. The molecule has 0 aliphatic rings. The van der Waals surface area contributed by atoms with Gasteiger partial charge in [-0.3, -0.25) is 0 Å². The lowest BCUT2D eigenvalue weighted by molar-refractivity contribution is 0.208. The molecule has 0 amide bonds. The molecular formula is C10H20OS. The first-order valence-electron chi connectivity index (χ1n) is 4.46. The van der Waals surface area contributed by atoms with Crippen LogP contribution in [0.4, 0.5) is 0 Å². The van der Waals surface area contributed by atoms with Gasteiger partial charge >= 0.3 is 0 Å². The topological polar surface area (TPSA) is 9.23 Å². The quantitative estimate of drug-likeness (QED) is 0.464. The lowest BCUT2D eigenvalue weighted by Crippen LogP contribution is -2.12. The lowest BCUT2D eigenvalue weighted by Gasteiger charge is -2.18. The highest BCUT2D eigenvalue weighted by molar-refractivity contribution is 7.93. The fourth-order valence-corrected chi connectivity index (χ4v) is 1.49. The van der Waals surface area contributed by atoms with Crippen molar-refractivity contribution < 1.29 is 4.18 Å². The lowest BCUT2D eigenvalue weighted by atomic mass is 9.96. The number of rotatable bonds is 6. The molecule has 0 saturated carbocycles. The molecule has 2 heteroatoms. The minimum absolute atomic E-state index is 0.381. The Bertz CT molecular complexity index is 134. The molecule has 0 saturated heterocycles. The van der Waals surface area contributed by atoms with Crippen LogP contribution in [0.15, 0.2) is 12.2 Å². The summed E-state index contributed by atoms with van der Waals surface area (Å²) in [6, 6.07) is 0. The second-order valence-electron chi connectivity index (χ2n) is 3.28. The Labute approximate surface area is 80.8 Å². The fraction of sp³-hybridized carbons (Fsp3) is 0.800. The van der Waals surface area contributed by atoms with E-state index in [-0.39, 0.29) is 0 Å². The van der Waals surface area contributed by atoms with Gasteiger partial charge in [0.05, 0.1) is 6.10 Å². The van der Waals surface area contributed by atoms with Gasteiger partial charge in [-0.1, -0.05) is 26.0 Å². The van der Waals surface area contributed by atoms with E-state index in [1.807, 2.05) is 6.26 Å². The van der Waals surface area contributed by atoms with Crippen molar-refractivity contribution in [1.29, 1.82) is 0 Å². The third-order valence-corrected chi connectivity index (χ3v) is 2.61. The van der Waals surface area contributed by atoms with Crippen molar-refractivity contribution in [3.63, 3.8) is 0 Å². The molecule has 0 fully saturated rings. The number of allylic oxidation sites excluding steroid dienone is 1. The van der Waals surface area contributed by atoms with Gasteiger partial charge in [-0.25, -0.2) is 0 Å². The van der Waals surface area contributed by atoms with Crippen molar-refractivity contribution in [3.8, 4) is 0 Å². The minimum Gasteiger partial charge on any atom is -0.312 e. The normalized spacial score (nSPS) is 15.7. The van der Waals surface area contributed by atoms with Gasteiger partial charge in [0.15, 0.2) is 0 Å². The molecule has 0 aromatic heterocycles. The highest BCUT2D eigenvalue weighted by atomic mass is 32.2. The van der Waals surface area contributed by atoms with Crippen LogP contribution in [0.2, 0.25) is 0 Å². The molecule has 0 rings (SSSR count). The Morgan fingerprint density at radius 3 is 2.50 bits per heavy atom. The highest BCUT2D eigenvalue weighted by Gasteiger charge is 2.11. The molecule has 0 radical (unpaired) electrons. The molecule has 12 heavy (non-hydrogen) atoms. The van der Waals surface area contributed by atoms with Crippen molar-refractivity contribution in [2.45, 2.75) is 39.7 Å². The average molecular weight is 188 g/mol. The van der Waals surface area contributed by atoms with Crippen molar-refractivity contribution in [2.75, 3.05) is 6.26 Å². The summed E-state index contributed by atoms with van der Waals surface area (Å²) in [5.41, 5.74) is 1.25. The Kier molecular flexibility index (Phi) is 6.58. The second kappa shape index (κ2) is 6.55. The molecule has 0 aliphatic heterocycles. The molecule has 2 atom stereocenters. The van der Waals surface area contributed by atoms with Gasteiger partial charge in [-0.05, 0) is 37.7 Å². The predicted molar refractivity (Wildman–Crippen MR) is 57.3 cm³/mol. The smallest absolute Gasteiger partial charge is 0.0725 e. The average Bonchev–Trinajstić information content (AvgIpc) is 2.03. The summed E-state index contributed by atoms with van der Waals surface area (Å²) >= 11 is 1.46. The van der Waals surface area contributed by atoms with E-state index in [0.29, 0.717) is 12.0 Å². The molecule has 0 bridgehead atoms. The van der Waals surface area contributed by atoms with Crippen molar-refractivity contribution in [3.05, 3.63) is 12.2 Å². The van der Waals surface area contributed by atoms with Gasteiger partial charge in [-0.2, -0.15) is 0 Å². The summed E-state index contributed by atoms with van der Waals surface area (Å²) in [4.78, 5) is 0. The standard InChI is InChI=1S/C10H20OS/c1-6-10(11-12-5)7-9(4)8(2)3/h9-10H,2,6-7H2,1,3-5H3/t9-,10?/m1/s1. The summed E-state index contributed by atoms with van der Waals surface area (Å²) in [5, 5.41) is 0. The summed E-state index contributed by atoms with van der Waals surface area (Å²) in [7, 11) is 0. The predicted octanol–water partition coefficient (Wildman–Crippen LogP) is 3.66. The van der Waals surface area contributed by atoms with Gasteiger partial charge in [0.1, 0.15) is 0 Å². The molecule has 1 nitrogen and oxygen atoms in total. The zero-order valence-electron chi connectivity index (χ0n) is 8.59. The van der Waals surface area contributed by atoms with E-state index in [2.05, 4.69) is 27.4 Å². The number of hydrogen-bond acceptors (Lipinski definition) is 2. The van der Waals surface area contributed by atoms with E-state index in [4.69, 9.17) is 4.18 Å². The second-order valence-corrected chi connectivity index (χ2v) is 3.80. The first kappa shape index (κ1) is 12.0. The van der Waals surface area contributed by atoms with Crippen LogP contribution in [0.3, 0.4) is 0 Å². The van der Waals surface area contributed by atoms with Crippen molar-refractivity contribution >= 4 is 12.0 Å². The Morgan fingerprint density at radius 2 is 2.17 bits per heavy atom. The zero-order chi connectivity index (χ0) is 9.56. The molecule has 0 aliphatic carbocycles. The Morgan fingerprint density at radius 1 is 1.58 bits per heavy atom. The van der Waals surface area contributed by atoms with Crippen LogP contribution in [0.1, 0.15) is 33.6 Å². The third kappa shape index (κ3) is 4.83. The van der Waals surface area contributed by atoms with E-state index in [1.54, 1.807) is 0 Å². The molecule has 0 aromatic carbocycles. The summed E-state index contributed by atoms with van der Waals surface area (Å²) in [6.07, 6.45) is 4.52. The van der Waals surface area contributed by atoms with E-state index < -0.39 is 0 Å². The maximum atomic E-state index is 5.49. The first-order valence-corrected chi connectivity index (χ1v) is 5.61. The van der Waals surface area contributed by atoms with Gasteiger partial charge in [0.25, 0.3) is 0 Å². The van der Waals surface area contributed by atoms with Crippen LogP contribution in [-0.2, 0) is 4.18 Å². The largest absolute Gasteiger partial charge is 0.312 e. The molecule has 0 aromatic rings. The van der Waals surface area contributed by atoms with Crippen molar-refractivity contribution in [2.24, 2.45) is 5.92 Å². The monoisotopic (exact) mass is 188 g/mol. The van der Waals surface area contributed by atoms with Crippen LogP contribution in [0.25, 0.3) is 0 Å². The summed E-state index contributed by atoms with van der Waals surface area (Å²) < 4.78 is 5.49. The Balaban J connectivity index is 3.76. The molecular weight excluding hydrogens is 168 g/mol. The molecule has 1 unspecified atom stereocenters. The van der Waals surface area contributed by atoms with E-state index in [9.17, 15) is 0 Å². The van der Waals surface area contributed by atoms with Gasteiger partial charge < -0.3 is 4.18 Å². The minimum atomic E-state index is 0.381. The van der Waals surface area contributed by atoms with E-state index in [0.717, 1.165) is 12.8 Å². The summed E-state index contributed by atoms with van der Waals surface area (Å²) in [6.45, 7) is 10.4. The summed E-state index contributed by atoms with van der Waals surface area (Å²) in [5.74, 6) is 0.571. The van der Waals surface area contributed by atoms with Crippen molar-refractivity contribution in [1.82, 2.24) is 0 Å². The fourth-order valence-electron chi connectivity index (χ4n) is 1.01.